The van der Waals surface area contributed by atoms with Gasteiger partial charge in [0.1, 0.15) is 5.41 Å². The Bertz CT molecular complexity index is 344. The van der Waals surface area contributed by atoms with Crippen molar-refractivity contribution in [3.63, 3.8) is 0 Å². The molecule has 4 heteroatoms. The first-order chi connectivity index (χ1) is 9.30. The van der Waals surface area contributed by atoms with Crippen LogP contribution in [0, 0.1) is 11.3 Å². The van der Waals surface area contributed by atoms with Crippen molar-refractivity contribution in [3.8, 4) is 0 Å². The highest BCUT2D eigenvalue weighted by molar-refractivity contribution is 6.04. The van der Waals surface area contributed by atoms with Gasteiger partial charge in [-0.1, -0.05) is 20.3 Å². The Kier molecular flexibility index (Phi) is 6.03. The standard InChI is InChI=1S/C16H30N2O2/c1-6-7-10-17(5)14(19)16(3,4)15(20)18-11-8-13(2)9-12-18/h13H,6-12H2,1-5H3. The maximum Gasteiger partial charge on any atom is 0.237 e. The van der Waals surface area contributed by atoms with E-state index in [1.807, 2.05) is 4.90 Å². The fourth-order valence-electron chi connectivity index (χ4n) is 2.67. The van der Waals surface area contributed by atoms with E-state index in [0.29, 0.717) is 5.92 Å². The Labute approximate surface area is 123 Å². The van der Waals surface area contributed by atoms with Crippen LogP contribution in [0.3, 0.4) is 0 Å². The van der Waals surface area contributed by atoms with Gasteiger partial charge in [-0.25, -0.2) is 0 Å². The minimum atomic E-state index is -0.941. The lowest BCUT2D eigenvalue weighted by Gasteiger charge is -2.37. The van der Waals surface area contributed by atoms with Gasteiger partial charge in [0.15, 0.2) is 0 Å². The molecule has 1 heterocycles. The zero-order valence-electron chi connectivity index (χ0n) is 13.7. The van der Waals surface area contributed by atoms with Crippen LogP contribution >= 0.6 is 0 Å². The summed E-state index contributed by atoms with van der Waals surface area (Å²) < 4.78 is 0. The molecule has 0 N–H and O–H groups in total. The highest BCUT2D eigenvalue weighted by atomic mass is 16.2. The highest BCUT2D eigenvalue weighted by Gasteiger charge is 2.41. The molecule has 20 heavy (non-hydrogen) atoms. The predicted molar refractivity (Wildman–Crippen MR) is 81.3 cm³/mol. The smallest absolute Gasteiger partial charge is 0.237 e. The summed E-state index contributed by atoms with van der Waals surface area (Å²) in [5, 5.41) is 0. The quantitative estimate of drug-likeness (QED) is 0.727. The molecule has 0 aromatic carbocycles. The summed E-state index contributed by atoms with van der Waals surface area (Å²) in [6.07, 6.45) is 4.12. The first kappa shape index (κ1) is 17.0. The van der Waals surface area contributed by atoms with Crippen molar-refractivity contribution in [1.82, 2.24) is 9.80 Å². The molecule has 1 saturated heterocycles. The minimum absolute atomic E-state index is 0.0160. The molecule has 1 fully saturated rings. The minimum Gasteiger partial charge on any atom is -0.345 e. The van der Waals surface area contributed by atoms with Crippen LogP contribution in [0.2, 0.25) is 0 Å². The molecule has 1 rings (SSSR count). The number of rotatable bonds is 5. The lowest BCUT2D eigenvalue weighted by Crippen LogP contribution is -2.51. The van der Waals surface area contributed by atoms with E-state index in [2.05, 4.69) is 13.8 Å². The monoisotopic (exact) mass is 282 g/mol. The second-order valence-corrected chi connectivity index (χ2v) is 6.68. The first-order valence-electron chi connectivity index (χ1n) is 7.85. The van der Waals surface area contributed by atoms with Crippen molar-refractivity contribution in [1.29, 1.82) is 0 Å². The van der Waals surface area contributed by atoms with E-state index in [9.17, 15) is 9.59 Å². The fraction of sp³-hybridized carbons (Fsp3) is 0.875. The average molecular weight is 282 g/mol. The van der Waals surface area contributed by atoms with Crippen LogP contribution in [-0.2, 0) is 9.59 Å². The predicted octanol–water partition coefficient (Wildman–Crippen LogP) is 2.53. The van der Waals surface area contributed by atoms with E-state index in [4.69, 9.17) is 0 Å². The summed E-state index contributed by atoms with van der Waals surface area (Å²) in [6, 6.07) is 0. The van der Waals surface area contributed by atoms with Crippen molar-refractivity contribution >= 4 is 11.8 Å². The summed E-state index contributed by atoms with van der Waals surface area (Å²) in [5.41, 5.74) is -0.941. The molecule has 0 saturated carbocycles. The molecular formula is C16H30N2O2. The van der Waals surface area contributed by atoms with Crippen LogP contribution in [0.5, 0.6) is 0 Å². The van der Waals surface area contributed by atoms with Gasteiger partial charge >= 0.3 is 0 Å². The number of piperidine rings is 1. The van der Waals surface area contributed by atoms with Crippen molar-refractivity contribution in [3.05, 3.63) is 0 Å². The van der Waals surface area contributed by atoms with Crippen LogP contribution in [0.1, 0.15) is 53.4 Å². The molecule has 0 aliphatic carbocycles. The summed E-state index contributed by atoms with van der Waals surface area (Å²) in [6.45, 7) is 10.1. The van der Waals surface area contributed by atoms with Crippen molar-refractivity contribution in [2.24, 2.45) is 11.3 Å². The maximum atomic E-state index is 12.6. The van der Waals surface area contributed by atoms with Gasteiger partial charge in [0, 0.05) is 26.7 Å². The number of hydrogen-bond acceptors (Lipinski definition) is 2. The van der Waals surface area contributed by atoms with Gasteiger partial charge < -0.3 is 9.80 Å². The molecule has 0 spiro atoms. The van der Waals surface area contributed by atoms with Gasteiger partial charge in [-0.15, -0.1) is 0 Å². The summed E-state index contributed by atoms with van der Waals surface area (Å²) >= 11 is 0. The average Bonchev–Trinajstić information content (AvgIpc) is 2.43. The number of unbranched alkanes of at least 4 members (excludes halogenated alkanes) is 1. The number of nitrogens with zero attached hydrogens (tertiary/aromatic N) is 2. The fourth-order valence-corrected chi connectivity index (χ4v) is 2.67. The Morgan fingerprint density at radius 1 is 1.25 bits per heavy atom. The van der Waals surface area contributed by atoms with Gasteiger partial charge in [0.2, 0.25) is 11.8 Å². The van der Waals surface area contributed by atoms with Crippen LogP contribution in [-0.4, -0.2) is 48.3 Å². The Hall–Kier alpha value is -1.06. The number of amides is 2. The zero-order valence-corrected chi connectivity index (χ0v) is 13.7. The van der Waals surface area contributed by atoms with Gasteiger partial charge in [0.25, 0.3) is 0 Å². The van der Waals surface area contributed by atoms with E-state index in [1.165, 1.54) is 0 Å². The molecule has 0 radical (unpaired) electrons. The van der Waals surface area contributed by atoms with Crippen molar-refractivity contribution < 1.29 is 9.59 Å². The van der Waals surface area contributed by atoms with E-state index in [-0.39, 0.29) is 11.8 Å². The van der Waals surface area contributed by atoms with E-state index >= 15 is 0 Å². The molecule has 2 amide bonds. The van der Waals surface area contributed by atoms with Gasteiger partial charge in [-0.05, 0) is 39.0 Å². The molecule has 116 valence electrons. The third-order valence-electron chi connectivity index (χ3n) is 4.33. The molecule has 1 aliphatic rings. The molecule has 0 aromatic rings. The third-order valence-corrected chi connectivity index (χ3v) is 4.33. The Morgan fingerprint density at radius 3 is 2.30 bits per heavy atom. The highest BCUT2D eigenvalue weighted by Crippen LogP contribution is 2.25. The second-order valence-electron chi connectivity index (χ2n) is 6.68. The maximum absolute atomic E-state index is 12.6. The molecule has 0 atom stereocenters. The summed E-state index contributed by atoms with van der Waals surface area (Å²) in [4.78, 5) is 28.7. The lowest BCUT2D eigenvalue weighted by atomic mass is 9.88. The Balaban J connectivity index is 2.66. The second kappa shape index (κ2) is 7.09. The number of carbonyl (C=O) groups is 2. The Morgan fingerprint density at radius 2 is 1.80 bits per heavy atom. The largest absolute Gasteiger partial charge is 0.345 e. The third kappa shape index (κ3) is 3.97. The number of hydrogen-bond donors (Lipinski definition) is 0. The topological polar surface area (TPSA) is 40.6 Å². The zero-order chi connectivity index (χ0) is 15.3. The van der Waals surface area contributed by atoms with Crippen molar-refractivity contribution in [2.75, 3.05) is 26.7 Å². The molecule has 0 aromatic heterocycles. The normalized spacial score (nSPS) is 17.1. The lowest BCUT2D eigenvalue weighted by molar-refractivity contribution is -0.154. The van der Waals surface area contributed by atoms with Crippen LogP contribution in [0.4, 0.5) is 0 Å². The van der Waals surface area contributed by atoms with Gasteiger partial charge in [-0.2, -0.15) is 0 Å². The summed E-state index contributed by atoms with van der Waals surface area (Å²) in [5.74, 6) is 0.609. The number of carbonyl (C=O) groups excluding carboxylic acids is 2. The van der Waals surface area contributed by atoms with Crippen LogP contribution in [0.15, 0.2) is 0 Å². The number of likely N-dealkylation sites (tertiary alicyclic amines) is 1. The van der Waals surface area contributed by atoms with Gasteiger partial charge in [0.05, 0.1) is 0 Å². The van der Waals surface area contributed by atoms with E-state index in [1.54, 1.807) is 25.8 Å². The molecule has 0 bridgehead atoms. The first-order valence-corrected chi connectivity index (χ1v) is 7.85. The van der Waals surface area contributed by atoms with E-state index < -0.39 is 5.41 Å². The SMILES string of the molecule is CCCCN(C)C(=O)C(C)(C)C(=O)N1CCC(C)CC1. The van der Waals surface area contributed by atoms with E-state index in [0.717, 1.165) is 45.3 Å². The molecular weight excluding hydrogens is 252 g/mol. The van der Waals surface area contributed by atoms with Crippen molar-refractivity contribution in [2.45, 2.75) is 53.4 Å². The van der Waals surface area contributed by atoms with Crippen LogP contribution in [0.25, 0.3) is 0 Å². The molecule has 0 unspecified atom stereocenters. The summed E-state index contributed by atoms with van der Waals surface area (Å²) in [7, 11) is 1.80. The molecule has 4 nitrogen and oxygen atoms in total. The molecule has 1 aliphatic heterocycles. The van der Waals surface area contributed by atoms with Crippen LogP contribution < -0.4 is 0 Å². The van der Waals surface area contributed by atoms with Gasteiger partial charge in [-0.3, -0.25) is 9.59 Å².